The second-order valence-corrected chi connectivity index (χ2v) is 8.02. The standard InChI is InChI=1S/C24H17F3N8O/c1-13-15(12-28)20(33-23(29)31-13)35-18(10-11-30-35)21-32-17-9-5-8-16(24(25,26)27)19(17)22(36)34(21)14-6-3-2-4-7-14/h2-9,11,18H,10H2,1H3,(H2,29,31,33)/t18-/m0/s1. The molecule has 1 aliphatic heterocycles. The van der Waals surface area contributed by atoms with E-state index >= 15 is 0 Å². The smallest absolute Gasteiger partial charge is 0.368 e. The van der Waals surface area contributed by atoms with Crippen LogP contribution in [-0.2, 0) is 6.18 Å². The molecule has 0 saturated heterocycles. The minimum Gasteiger partial charge on any atom is -0.368 e. The summed E-state index contributed by atoms with van der Waals surface area (Å²) < 4.78 is 42.6. The molecule has 0 saturated carbocycles. The predicted octanol–water partition coefficient (Wildman–Crippen LogP) is 3.89. The second kappa shape index (κ2) is 8.46. The Hall–Kier alpha value is -4.79. The van der Waals surface area contributed by atoms with Crippen LogP contribution >= 0.6 is 0 Å². The van der Waals surface area contributed by atoms with E-state index in [1.807, 2.05) is 6.07 Å². The Labute approximate surface area is 202 Å². The normalized spacial score (nSPS) is 15.4. The maximum Gasteiger partial charge on any atom is 0.417 e. The van der Waals surface area contributed by atoms with Crippen molar-refractivity contribution in [2.24, 2.45) is 5.10 Å². The molecule has 0 unspecified atom stereocenters. The average Bonchev–Trinajstić information content (AvgIpc) is 3.33. The Balaban J connectivity index is 1.81. The zero-order chi connectivity index (χ0) is 25.6. The largest absolute Gasteiger partial charge is 0.417 e. The van der Waals surface area contributed by atoms with Crippen molar-refractivity contribution in [3.63, 3.8) is 0 Å². The molecule has 4 aromatic rings. The number of aromatic nitrogens is 4. The van der Waals surface area contributed by atoms with Crippen LogP contribution in [0, 0.1) is 18.3 Å². The van der Waals surface area contributed by atoms with Crippen molar-refractivity contribution in [3.8, 4) is 11.8 Å². The van der Waals surface area contributed by atoms with E-state index in [2.05, 4.69) is 20.1 Å². The van der Waals surface area contributed by atoms with Gasteiger partial charge in [0.25, 0.3) is 5.56 Å². The fraction of sp³-hybridized carbons (Fsp3) is 0.167. The van der Waals surface area contributed by atoms with Gasteiger partial charge < -0.3 is 5.73 Å². The van der Waals surface area contributed by atoms with Crippen molar-refractivity contribution in [2.45, 2.75) is 25.6 Å². The number of benzene rings is 2. The van der Waals surface area contributed by atoms with Gasteiger partial charge in [0, 0.05) is 12.6 Å². The molecule has 36 heavy (non-hydrogen) atoms. The summed E-state index contributed by atoms with van der Waals surface area (Å²) in [6.45, 7) is 1.60. The van der Waals surface area contributed by atoms with Crippen molar-refractivity contribution in [1.82, 2.24) is 19.5 Å². The van der Waals surface area contributed by atoms with E-state index < -0.39 is 28.7 Å². The maximum atomic E-state index is 13.8. The Bertz CT molecular complexity index is 1620. The molecule has 2 aromatic heterocycles. The van der Waals surface area contributed by atoms with Crippen molar-refractivity contribution in [2.75, 3.05) is 10.7 Å². The topological polar surface area (TPSA) is 126 Å². The minimum absolute atomic E-state index is 0.0795. The number of hydrogen-bond donors (Lipinski definition) is 1. The van der Waals surface area contributed by atoms with Gasteiger partial charge in [-0.05, 0) is 31.2 Å². The number of anilines is 2. The van der Waals surface area contributed by atoms with E-state index in [1.54, 1.807) is 43.5 Å². The van der Waals surface area contributed by atoms with Gasteiger partial charge in [0.1, 0.15) is 23.5 Å². The number of para-hydroxylation sites is 1. The number of aryl methyl sites for hydroxylation is 1. The Morgan fingerprint density at radius 2 is 1.83 bits per heavy atom. The molecule has 5 rings (SSSR count). The zero-order valence-electron chi connectivity index (χ0n) is 18.7. The number of hydrogen-bond acceptors (Lipinski definition) is 8. The highest BCUT2D eigenvalue weighted by molar-refractivity contribution is 5.82. The highest BCUT2D eigenvalue weighted by Gasteiger charge is 2.37. The van der Waals surface area contributed by atoms with Crippen molar-refractivity contribution < 1.29 is 13.2 Å². The third-order valence-electron chi connectivity index (χ3n) is 5.79. The van der Waals surface area contributed by atoms with Crippen LogP contribution in [0.2, 0.25) is 0 Å². The van der Waals surface area contributed by atoms with Gasteiger partial charge >= 0.3 is 6.18 Å². The monoisotopic (exact) mass is 490 g/mol. The summed E-state index contributed by atoms with van der Waals surface area (Å²) in [5.74, 6) is 0.164. The van der Waals surface area contributed by atoms with Crippen LogP contribution in [0.4, 0.5) is 24.9 Å². The molecule has 1 aliphatic rings. The number of halogens is 3. The first-order valence-electron chi connectivity index (χ1n) is 10.7. The van der Waals surface area contributed by atoms with Gasteiger partial charge in [-0.25, -0.2) is 15.0 Å². The third-order valence-corrected chi connectivity index (χ3v) is 5.79. The van der Waals surface area contributed by atoms with Gasteiger partial charge in [-0.2, -0.15) is 28.5 Å². The molecule has 3 heterocycles. The van der Waals surface area contributed by atoms with Gasteiger partial charge in [0.2, 0.25) is 5.95 Å². The van der Waals surface area contributed by atoms with E-state index in [1.165, 1.54) is 17.1 Å². The Kier molecular flexibility index (Phi) is 5.40. The van der Waals surface area contributed by atoms with Crippen LogP contribution in [0.3, 0.4) is 0 Å². The quantitative estimate of drug-likeness (QED) is 0.462. The summed E-state index contributed by atoms with van der Waals surface area (Å²) >= 11 is 0. The maximum absolute atomic E-state index is 13.8. The molecule has 0 spiro atoms. The average molecular weight is 490 g/mol. The summed E-state index contributed by atoms with van der Waals surface area (Å²) in [7, 11) is 0. The van der Waals surface area contributed by atoms with Gasteiger partial charge in [0.15, 0.2) is 5.82 Å². The fourth-order valence-electron chi connectivity index (χ4n) is 4.24. The van der Waals surface area contributed by atoms with Gasteiger partial charge in [-0.1, -0.05) is 24.3 Å². The molecular formula is C24H17F3N8O. The molecule has 180 valence electrons. The highest BCUT2D eigenvalue weighted by atomic mass is 19.4. The number of nitriles is 1. The van der Waals surface area contributed by atoms with Gasteiger partial charge in [-0.15, -0.1) is 0 Å². The number of hydrazone groups is 1. The Morgan fingerprint density at radius 1 is 1.08 bits per heavy atom. The lowest BCUT2D eigenvalue weighted by Gasteiger charge is -2.26. The summed E-state index contributed by atoms with van der Waals surface area (Å²) in [5, 5.41) is 14.9. The number of fused-ring (bicyclic) bond motifs is 1. The molecule has 0 radical (unpaired) electrons. The fourth-order valence-corrected chi connectivity index (χ4v) is 4.24. The zero-order valence-corrected chi connectivity index (χ0v) is 18.7. The number of alkyl halides is 3. The molecule has 9 nitrogen and oxygen atoms in total. The number of nitrogen functional groups attached to an aromatic ring is 1. The molecule has 2 aromatic carbocycles. The van der Waals surface area contributed by atoms with Gasteiger partial charge in [0.05, 0.1) is 27.8 Å². The van der Waals surface area contributed by atoms with Crippen molar-refractivity contribution >= 4 is 28.9 Å². The lowest BCUT2D eigenvalue weighted by molar-refractivity contribution is -0.136. The molecule has 0 fully saturated rings. The lowest BCUT2D eigenvalue weighted by atomic mass is 10.1. The first kappa shape index (κ1) is 23.0. The number of nitrogens with two attached hydrogens (primary N) is 1. The molecule has 1 atom stereocenters. The predicted molar refractivity (Wildman–Crippen MR) is 127 cm³/mol. The SMILES string of the molecule is Cc1nc(N)nc(N2N=CC[C@H]2c2nc3cccc(C(F)(F)F)c3c(=O)n2-c2ccccc2)c1C#N. The summed E-state index contributed by atoms with van der Waals surface area (Å²) in [5.41, 5.74) is 4.56. The van der Waals surface area contributed by atoms with Crippen LogP contribution in [-0.4, -0.2) is 25.7 Å². The molecule has 0 amide bonds. The van der Waals surface area contributed by atoms with Crippen molar-refractivity contribution in [3.05, 3.63) is 81.5 Å². The highest BCUT2D eigenvalue weighted by Crippen LogP contribution is 2.37. The van der Waals surface area contributed by atoms with E-state index in [-0.39, 0.29) is 35.1 Å². The first-order chi connectivity index (χ1) is 17.2. The minimum atomic E-state index is -4.75. The summed E-state index contributed by atoms with van der Waals surface area (Å²) in [4.78, 5) is 26.4. The van der Waals surface area contributed by atoms with E-state index in [0.29, 0.717) is 11.4 Å². The summed E-state index contributed by atoms with van der Waals surface area (Å²) in [6.07, 6.45) is -2.95. The van der Waals surface area contributed by atoms with E-state index in [4.69, 9.17) is 5.73 Å². The number of rotatable bonds is 3. The van der Waals surface area contributed by atoms with Crippen LogP contribution in [0.5, 0.6) is 0 Å². The molecule has 0 bridgehead atoms. The van der Waals surface area contributed by atoms with Crippen LogP contribution in [0.25, 0.3) is 16.6 Å². The number of nitrogens with zero attached hydrogens (tertiary/aromatic N) is 7. The van der Waals surface area contributed by atoms with Crippen molar-refractivity contribution in [1.29, 1.82) is 5.26 Å². The molecular weight excluding hydrogens is 473 g/mol. The molecule has 2 N–H and O–H groups in total. The Morgan fingerprint density at radius 3 is 2.53 bits per heavy atom. The van der Waals surface area contributed by atoms with Crippen LogP contribution in [0.1, 0.15) is 35.1 Å². The summed E-state index contributed by atoms with van der Waals surface area (Å²) in [6, 6.07) is 12.9. The van der Waals surface area contributed by atoms with Crippen LogP contribution < -0.4 is 16.3 Å². The lowest BCUT2D eigenvalue weighted by Crippen LogP contribution is -2.32. The van der Waals surface area contributed by atoms with E-state index in [9.17, 15) is 23.2 Å². The van der Waals surface area contributed by atoms with Crippen LogP contribution in [0.15, 0.2) is 58.4 Å². The first-order valence-corrected chi connectivity index (χ1v) is 10.7. The molecule has 12 heteroatoms. The van der Waals surface area contributed by atoms with E-state index in [0.717, 1.165) is 10.6 Å². The molecule has 0 aliphatic carbocycles. The second-order valence-electron chi connectivity index (χ2n) is 8.02. The van der Waals surface area contributed by atoms with Gasteiger partial charge in [-0.3, -0.25) is 9.36 Å². The third kappa shape index (κ3) is 3.70.